The van der Waals surface area contributed by atoms with Crippen LogP contribution in [0.25, 0.3) is 0 Å². The summed E-state index contributed by atoms with van der Waals surface area (Å²) in [5.74, 6) is 0.943. The zero-order valence-corrected chi connectivity index (χ0v) is 9.03. The van der Waals surface area contributed by atoms with Gasteiger partial charge in [-0.1, -0.05) is 52.2 Å². The molecule has 0 N–H and O–H groups in total. The predicted molar refractivity (Wildman–Crippen MR) is 57.4 cm³/mol. The molecule has 0 heterocycles. The fraction of sp³-hybridized carbons (Fsp3) is 0.833. The lowest BCUT2D eigenvalue weighted by molar-refractivity contribution is 0.430. The van der Waals surface area contributed by atoms with Crippen molar-refractivity contribution in [1.29, 1.82) is 0 Å². The highest BCUT2D eigenvalue weighted by atomic mass is 14.1. The van der Waals surface area contributed by atoms with E-state index in [4.69, 9.17) is 0 Å². The zero-order chi connectivity index (χ0) is 9.40. The topological polar surface area (TPSA) is 0 Å². The highest BCUT2D eigenvalue weighted by Gasteiger charge is 2.04. The smallest absolute Gasteiger partial charge is 0.0320 e. The molecule has 0 radical (unpaired) electrons. The standard InChI is InChI=1S/C12H24/c1-5-8-12(7-3)10-9-11(4)6-2/h12H,4-10H2,1-3H3. The first-order valence-corrected chi connectivity index (χ1v) is 5.41. The summed E-state index contributed by atoms with van der Waals surface area (Å²) in [7, 11) is 0. The summed E-state index contributed by atoms with van der Waals surface area (Å²) < 4.78 is 0. The molecular weight excluding hydrogens is 144 g/mol. The number of rotatable bonds is 7. The van der Waals surface area contributed by atoms with E-state index in [-0.39, 0.29) is 0 Å². The summed E-state index contributed by atoms with van der Waals surface area (Å²) in [6.45, 7) is 10.8. The Bertz CT molecular complexity index is 113. The molecule has 0 heteroatoms. The van der Waals surface area contributed by atoms with E-state index in [1.807, 2.05) is 0 Å². The van der Waals surface area contributed by atoms with Crippen molar-refractivity contribution in [3.05, 3.63) is 12.2 Å². The number of hydrogen-bond acceptors (Lipinski definition) is 0. The summed E-state index contributed by atoms with van der Waals surface area (Å²) in [4.78, 5) is 0. The number of hydrogen-bond donors (Lipinski definition) is 0. The molecule has 0 aromatic heterocycles. The normalized spacial score (nSPS) is 12.9. The van der Waals surface area contributed by atoms with Crippen LogP contribution >= 0.6 is 0 Å². The van der Waals surface area contributed by atoms with E-state index in [2.05, 4.69) is 27.4 Å². The predicted octanol–water partition coefficient (Wildman–Crippen LogP) is 4.56. The largest absolute Gasteiger partial charge is 0.0999 e. The van der Waals surface area contributed by atoms with Gasteiger partial charge in [0.2, 0.25) is 0 Å². The first-order valence-electron chi connectivity index (χ1n) is 5.41. The molecule has 72 valence electrons. The molecule has 0 saturated carbocycles. The van der Waals surface area contributed by atoms with Crippen LogP contribution in [0.5, 0.6) is 0 Å². The van der Waals surface area contributed by atoms with Gasteiger partial charge in [-0.2, -0.15) is 0 Å². The number of allylic oxidation sites excluding steroid dienone is 1. The van der Waals surface area contributed by atoms with Crippen LogP contribution in [0.4, 0.5) is 0 Å². The summed E-state index contributed by atoms with van der Waals surface area (Å²) in [5, 5.41) is 0. The van der Waals surface area contributed by atoms with E-state index in [1.54, 1.807) is 0 Å². The Balaban J connectivity index is 3.50. The molecule has 0 rings (SSSR count). The minimum absolute atomic E-state index is 0.943. The molecular formula is C12H24. The van der Waals surface area contributed by atoms with Crippen LogP contribution in [0.1, 0.15) is 59.3 Å². The summed E-state index contributed by atoms with van der Waals surface area (Å²) >= 11 is 0. The lowest BCUT2D eigenvalue weighted by Crippen LogP contribution is -1.98. The highest BCUT2D eigenvalue weighted by Crippen LogP contribution is 2.20. The molecule has 0 aliphatic heterocycles. The SMILES string of the molecule is C=C(CC)CCC(CC)CCC. The van der Waals surface area contributed by atoms with Gasteiger partial charge in [0.1, 0.15) is 0 Å². The van der Waals surface area contributed by atoms with Crippen molar-refractivity contribution in [3.63, 3.8) is 0 Å². The summed E-state index contributed by atoms with van der Waals surface area (Å²) in [6.07, 6.45) is 7.82. The Morgan fingerprint density at radius 3 is 2.25 bits per heavy atom. The molecule has 0 aliphatic rings. The third-order valence-corrected chi connectivity index (χ3v) is 2.68. The maximum atomic E-state index is 4.04. The van der Waals surface area contributed by atoms with Crippen molar-refractivity contribution in [2.75, 3.05) is 0 Å². The third kappa shape index (κ3) is 5.40. The molecule has 12 heavy (non-hydrogen) atoms. The van der Waals surface area contributed by atoms with Crippen molar-refractivity contribution in [2.24, 2.45) is 5.92 Å². The summed E-state index contributed by atoms with van der Waals surface area (Å²) in [5.41, 5.74) is 1.42. The van der Waals surface area contributed by atoms with Crippen LogP contribution in [0, 0.1) is 5.92 Å². The summed E-state index contributed by atoms with van der Waals surface area (Å²) in [6, 6.07) is 0. The van der Waals surface area contributed by atoms with Crippen LogP contribution in [0.15, 0.2) is 12.2 Å². The van der Waals surface area contributed by atoms with Gasteiger partial charge in [0.15, 0.2) is 0 Å². The van der Waals surface area contributed by atoms with Crippen LogP contribution in [-0.2, 0) is 0 Å². The average molecular weight is 168 g/mol. The third-order valence-electron chi connectivity index (χ3n) is 2.68. The molecule has 0 nitrogen and oxygen atoms in total. The van der Waals surface area contributed by atoms with Crippen LogP contribution in [0.3, 0.4) is 0 Å². The van der Waals surface area contributed by atoms with Gasteiger partial charge in [-0.15, -0.1) is 0 Å². The van der Waals surface area contributed by atoms with Crippen molar-refractivity contribution < 1.29 is 0 Å². The highest BCUT2D eigenvalue weighted by molar-refractivity contribution is 4.92. The van der Waals surface area contributed by atoms with E-state index in [0.717, 1.165) is 12.3 Å². The van der Waals surface area contributed by atoms with Gasteiger partial charge >= 0.3 is 0 Å². The lowest BCUT2D eigenvalue weighted by atomic mass is 9.93. The Morgan fingerprint density at radius 1 is 1.17 bits per heavy atom. The molecule has 0 saturated heterocycles. The zero-order valence-electron chi connectivity index (χ0n) is 9.03. The van der Waals surface area contributed by atoms with E-state index in [1.165, 1.54) is 37.7 Å². The minimum atomic E-state index is 0.943. The van der Waals surface area contributed by atoms with Crippen LogP contribution in [0.2, 0.25) is 0 Å². The monoisotopic (exact) mass is 168 g/mol. The van der Waals surface area contributed by atoms with E-state index < -0.39 is 0 Å². The van der Waals surface area contributed by atoms with Crippen molar-refractivity contribution in [1.82, 2.24) is 0 Å². The van der Waals surface area contributed by atoms with Crippen LogP contribution < -0.4 is 0 Å². The van der Waals surface area contributed by atoms with Gasteiger partial charge in [0, 0.05) is 0 Å². The lowest BCUT2D eigenvalue weighted by Gasteiger charge is -2.13. The average Bonchev–Trinajstić information content (AvgIpc) is 2.11. The fourth-order valence-electron chi connectivity index (χ4n) is 1.55. The maximum Gasteiger partial charge on any atom is -0.0320 e. The second-order valence-corrected chi connectivity index (χ2v) is 3.71. The minimum Gasteiger partial charge on any atom is -0.0999 e. The second-order valence-electron chi connectivity index (χ2n) is 3.71. The van der Waals surface area contributed by atoms with Gasteiger partial charge in [0.25, 0.3) is 0 Å². The van der Waals surface area contributed by atoms with Gasteiger partial charge in [-0.3, -0.25) is 0 Å². The maximum absolute atomic E-state index is 4.04. The van der Waals surface area contributed by atoms with Gasteiger partial charge < -0.3 is 0 Å². The molecule has 0 aromatic carbocycles. The van der Waals surface area contributed by atoms with Crippen molar-refractivity contribution >= 4 is 0 Å². The molecule has 0 bridgehead atoms. The second kappa shape index (κ2) is 7.39. The van der Waals surface area contributed by atoms with Gasteiger partial charge in [0.05, 0.1) is 0 Å². The first kappa shape index (κ1) is 11.7. The molecule has 1 unspecified atom stereocenters. The van der Waals surface area contributed by atoms with Crippen molar-refractivity contribution in [2.45, 2.75) is 59.3 Å². The molecule has 0 amide bonds. The Kier molecular flexibility index (Phi) is 7.23. The van der Waals surface area contributed by atoms with Gasteiger partial charge in [-0.05, 0) is 25.2 Å². The fourth-order valence-corrected chi connectivity index (χ4v) is 1.55. The molecule has 1 atom stereocenters. The molecule has 0 aliphatic carbocycles. The Hall–Kier alpha value is -0.260. The van der Waals surface area contributed by atoms with E-state index in [0.29, 0.717) is 0 Å². The van der Waals surface area contributed by atoms with Crippen molar-refractivity contribution in [3.8, 4) is 0 Å². The van der Waals surface area contributed by atoms with E-state index in [9.17, 15) is 0 Å². The molecule has 0 aromatic rings. The van der Waals surface area contributed by atoms with Gasteiger partial charge in [-0.25, -0.2) is 0 Å². The molecule has 0 spiro atoms. The molecule has 0 fully saturated rings. The van der Waals surface area contributed by atoms with Crippen LogP contribution in [-0.4, -0.2) is 0 Å². The quantitative estimate of drug-likeness (QED) is 0.489. The first-order chi connectivity index (χ1) is 5.74. The van der Waals surface area contributed by atoms with E-state index >= 15 is 0 Å². The Labute approximate surface area is 78.1 Å². The Morgan fingerprint density at radius 2 is 1.83 bits per heavy atom.